The van der Waals surface area contributed by atoms with E-state index < -0.39 is 29.8 Å². The summed E-state index contributed by atoms with van der Waals surface area (Å²) < 4.78 is 13.5. The molecule has 0 radical (unpaired) electrons. The third-order valence-electron chi connectivity index (χ3n) is 7.35. The molecule has 218 valence electrons. The predicted octanol–water partition coefficient (Wildman–Crippen LogP) is 3.41. The number of carbonyl (C=O) groups is 3. The quantitative estimate of drug-likeness (QED) is 0.379. The molecule has 4 rings (SSSR count). The lowest BCUT2D eigenvalue weighted by Gasteiger charge is -2.45. The highest BCUT2D eigenvalue weighted by Crippen LogP contribution is 2.24. The van der Waals surface area contributed by atoms with Crippen molar-refractivity contribution in [1.29, 1.82) is 5.26 Å². The van der Waals surface area contributed by atoms with E-state index in [0.29, 0.717) is 11.1 Å². The van der Waals surface area contributed by atoms with Gasteiger partial charge in [0.05, 0.1) is 18.7 Å². The van der Waals surface area contributed by atoms with Gasteiger partial charge in [0.2, 0.25) is 11.8 Å². The summed E-state index contributed by atoms with van der Waals surface area (Å²) in [5.74, 6) is -1.13. The average Bonchev–Trinajstić information content (AvgIpc) is 3.00. The molecule has 0 saturated carbocycles. The minimum atomic E-state index is -1.01. The number of rotatable bonds is 9. The highest BCUT2D eigenvalue weighted by atomic mass is 19.1. The first kappa shape index (κ1) is 30.0. The molecule has 42 heavy (non-hydrogen) atoms. The van der Waals surface area contributed by atoms with E-state index in [1.807, 2.05) is 36.4 Å². The van der Waals surface area contributed by atoms with E-state index in [9.17, 15) is 29.1 Å². The molecule has 0 bridgehead atoms. The number of phenols is 1. The Morgan fingerprint density at radius 1 is 1.05 bits per heavy atom. The smallest absolute Gasteiger partial charge is 0.333 e. The van der Waals surface area contributed by atoms with Gasteiger partial charge in [-0.1, -0.05) is 54.6 Å². The van der Waals surface area contributed by atoms with Gasteiger partial charge >= 0.3 is 6.03 Å². The van der Waals surface area contributed by atoms with Crippen LogP contribution in [0.4, 0.5) is 9.18 Å². The van der Waals surface area contributed by atoms with Crippen LogP contribution in [0.2, 0.25) is 0 Å². The van der Waals surface area contributed by atoms with E-state index in [1.165, 1.54) is 44.1 Å². The third-order valence-corrected chi connectivity index (χ3v) is 7.35. The Balaban J connectivity index is 1.61. The number of aromatic hydroxyl groups is 1. The standard InChI is InChI=1S/C31H33FN6O4/c1-22(25-10-12-26(32)13-11-25)35(2)30(41)28(18-23-8-14-27(39)15-9-23)37-21-38(36(17-16-33)20-29(37)40)31(42)34-19-24-6-4-3-5-7-24/h3-15,22,28,39H,17-21H2,1-2H3,(H,34,42). The largest absolute Gasteiger partial charge is 0.508 e. The van der Waals surface area contributed by atoms with Gasteiger partial charge < -0.3 is 20.2 Å². The Morgan fingerprint density at radius 3 is 2.36 bits per heavy atom. The summed E-state index contributed by atoms with van der Waals surface area (Å²) in [5.41, 5.74) is 2.28. The van der Waals surface area contributed by atoms with Crippen molar-refractivity contribution < 1.29 is 23.9 Å². The minimum Gasteiger partial charge on any atom is -0.508 e. The van der Waals surface area contributed by atoms with Crippen LogP contribution < -0.4 is 5.32 Å². The molecule has 2 atom stereocenters. The lowest BCUT2D eigenvalue weighted by molar-refractivity contribution is -0.162. The number of hydrogen-bond acceptors (Lipinski definition) is 6. The number of carbonyl (C=O) groups excluding carboxylic acids is 3. The zero-order valence-electron chi connectivity index (χ0n) is 23.5. The van der Waals surface area contributed by atoms with Gasteiger partial charge in [0.1, 0.15) is 30.8 Å². The molecule has 1 aliphatic heterocycles. The molecular weight excluding hydrogens is 539 g/mol. The summed E-state index contributed by atoms with van der Waals surface area (Å²) in [4.78, 5) is 43.7. The van der Waals surface area contributed by atoms with Crippen LogP contribution in [0.1, 0.15) is 29.7 Å². The van der Waals surface area contributed by atoms with Gasteiger partial charge in [0, 0.05) is 20.0 Å². The van der Waals surface area contributed by atoms with E-state index in [0.717, 1.165) is 5.56 Å². The first-order valence-corrected chi connectivity index (χ1v) is 13.5. The summed E-state index contributed by atoms with van der Waals surface area (Å²) in [5, 5.41) is 24.6. The number of nitriles is 1. The Bertz CT molecular complexity index is 1430. The first-order chi connectivity index (χ1) is 20.2. The van der Waals surface area contributed by atoms with Crippen LogP contribution in [0.25, 0.3) is 0 Å². The number of hydrazine groups is 1. The number of benzene rings is 3. The molecule has 1 aliphatic rings. The molecular formula is C31H33FN6O4. The highest BCUT2D eigenvalue weighted by molar-refractivity contribution is 5.90. The van der Waals surface area contributed by atoms with Crippen molar-refractivity contribution in [1.82, 2.24) is 25.1 Å². The number of phenolic OH excluding ortho intramolecular Hbond substituents is 1. The van der Waals surface area contributed by atoms with Crippen molar-refractivity contribution in [2.24, 2.45) is 0 Å². The van der Waals surface area contributed by atoms with Gasteiger partial charge in [-0.05, 0) is 47.9 Å². The fourth-order valence-corrected chi connectivity index (χ4v) is 4.77. The second-order valence-electron chi connectivity index (χ2n) is 10.1. The van der Waals surface area contributed by atoms with Crippen LogP contribution in [0.15, 0.2) is 78.9 Å². The van der Waals surface area contributed by atoms with E-state index in [2.05, 4.69) is 5.32 Å². The van der Waals surface area contributed by atoms with Crippen LogP contribution in [-0.2, 0) is 22.6 Å². The summed E-state index contributed by atoms with van der Waals surface area (Å²) in [6.07, 6.45) is 0.114. The van der Waals surface area contributed by atoms with Gasteiger partial charge in [-0.2, -0.15) is 10.3 Å². The van der Waals surface area contributed by atoms with Crippen LogP contribution in [0.3, 0.4) is 0 Å². The molecule has 2 N–H and O–H groups in total. The molecule has 0 spiro atoms. The number of likely N-dealkylation sites (N-methyl/N-ethyl adjacent to an activating group) is 1. The van der Waals surface area contributed by atoms with Crippen molar-refractivity contribution in [3.05, 3.63) is 101 Å². The van der Waals surface area contributed by atoms with Crippen molar-refractivity contribution in [3.8, 4) is 11.8 Å². The molecule has 11 heteroatoms. The Morgan fingerprint density at radius 2 is 1.71 bits per heavy atom. The van der Waals surface area contributed by atoms with Gasteiger partial charge in [0.15, 0.2) is 0 Å². The zero-order chi connectivity index (χ0) is 30.2. The summed E-state index contributed by atoms with van der Waals surface area (Å²) in [6, 6.07) is 21.5. The molecule has 3 aromatic carbocycles. The molecule has 1 heterocycles. The number of amides is 4. The molecule has 0 aliphatic carbocycles. The number of nitrogens with zero attached hydrogens (tertiary/aromatic N) is 5. The van der Waals surface area contributed by atoms with Crippen molar-refractivity contribution in [2.45, 2.75) is 32.0 Å². The van der Waals surface area contributed by atoms with Crippen molar-refractivity contribution >= 4 is 17.8 Å². The maximum atomic E-state index is 14.1. The van der Waals surface area contributed by atoms with Gasteiger partial charge in [0.25, 0.3) is 0 Å². The van der Waals surface area contributed by atoms with Crippen LogP contribution in [0.5, 0.6) is 5.75 Å². The number of hydrogen-bond donors (Lipinski definition) is 2. The lowest BCUT2D eigenvalue weighted by atomic mass is 10.0. The maximum Gasteiger partial charge on any atom is 0.333 e. The molecule has 2 unspecified atom stereocenters. The minimum absolute atomic E-state index is 0.0612. The van der Waals surface area contributed by atoms with Crippen LogP contribution >= 0.6 is 0 Å². The molecule has 10 nitrogen and oxygen atoms in total. The monoisotopic (exact) mass is 572 g/mol. The molecule has 4 amide bonds. The second kappa shape index (κ2) is 13.6. The average molecular weight is 573 g/mol. The Kier molecular flexibility index (Phi) is 9.73. The Hall–Kier alpha value is -4.95. The number of urea groups is 1. The van der Waals surface area contributed by atoms with E-state index in [1.54, 1.807) is 38.2 Å². The third kappa shape index (κ3) is 7.21. The summed E-state index contributed by atoms with van der Waals surface area (Å²) >= 11 is 0. The summed E-state index contributed by atoms with van der Waals surface area (Å²) in [7, 11) is 1.61. The fourth-order valence-electron chi connectivity index (χ4n) is 4.77. The predicted molar refractivity (Wildman–Crippen MR) is 153 cm³/mol. The van der Waals surface area contributed by atoms with Gasteiger partial charge in [-0.3, -0.25) is 9.59 Å². The first-order valence-electron chi connectivity index (χ1n) is 13.5. The number of halogens is 1. The van der Waals surface area contributed by atoms with E-state index >= 15 is 0 Å². The highest BCUT2D eigenvalue weighted by Gasteiger charge is 2.41. The second-order valence-corrected chi connectivity index (χ2v) is 10.1. The van der Waals surface area contributed by atoms with Crippen LogP contribution in [0, 0.1) is 17.1 Å². The normalized spacial score (nSPS) is 15.0. The maximum absolute atomic E-state index is 14.1. The lowest BCUT2D eigenvalue weighted by Crippen LogP contribution is -2.66. The van der Waals surface area contributed by atoms with Gasteiger partial charge in [-0.25, -0.2) is 14.2 Å². The molecule has 0 aromatic heterocycles. The SMILES string of the molecule is CC(c1ccc(F)cc1)N(C)C(=O)C(Cc1ccc(O)cc1)N1CN(C(=O)NCc2ccccc2)N(CC#N)CC1=O. The Labute approximate surface area is 244 Å². The van der Waals surface area contributed by atoms with Gasteiger partial charge in [-0.15, -0.1) is 0 Å². The summed E-state index contributed by atoms with van der Waals surface area (Å²) in [6.45, 7) is 1.31. The molecule has 1 fully saturated rings. The number of nitrogens with one attached hydrogen (secondary N) is 1. The molecule has 1 saturated heterocycles. The van der Waals surface area contributed by atoms with Crippen molar-refractivity contribution in [2.75, 3.05) is 26.8 Å². The molecule has 3 aromatic rings. The van der Waals surface area contributed by atoms with Crippen molar-refractivity contribution in [3.63, 3.8) is 0 Å². The van der Waals surface area contributed by atoms with Crippen LogP contribution in [-0.4, -0.2) is 75.6 Å². The topological polar surface area (TPSA) is 120 Å². The van der Waals surface area contributed by atoms with E-state index in [-0.39, 0.29) is 44.4 Å². The van der Waals surface area contributed by atoms with E-state index in [4.69, 9.17) is 0 Å². The fraction of sp³-hybridized carbons (Fsp3) is 0.290. The zero-order valence-corrected chi connectivity index (χ0v) is 23.5.